The summed E-state index contributed by atoms with van der Waals surface area (Å²) in [5, 5.41) is 2.13. The van der Waals surface area contributed by atoms with Crippen LogP contribution >= 0.6 is 0 Å². The molecule has 76 valence electrons. The van der Waals surface area contributed by atoms with Crippen LogP contribution in [0.2, 0.25) is 10.6 Å². The van der Waals surface area contributed by atoms with Crippen molar-refractivity contribution in [2.24, 2.45) is 0 Å². The number of carbonyl (C=O) groups is 1. The van der Waals surface area contributed by atoms with Crippen LogP contribution in [-0.4, -0.2) is 27.5 Å². The summed E-state index contributed by atoms with van der Waals surface area (Å²) in [6.07, 6.45) is 2.82. The van der Waals surface area contributed by atoms with Gasteiger partial charge in [-0.1, -0.05) is 0 Å². The summed E-state index contributed by atoms with van der Waals surface area (Å²) >= 11 is 0.560. The average Bonchev–Trinajstić information content (AvgIpc) is 2.03. The zero-order valence-corrected chi connectivity index (χ0v) is 10.3. The Balaban J connectivity index is 3.26. The number of hydrogen-bond acceptors (Lipinski definition) is 2. The zero-order valence-electron chi connectivity index (χ0n) is 8.63. The fourth-order valence-electron chi connectivity index (χ4n) is 0.698. The molecule has 0 rings (SSSR count). The van der Waals surface area contributed by atoms with E-state index in [9.17, 15) is 4.79 Å². The molecule has 0 amide bonds. The predicted molar refractivity (Wildman–Crippen MR) is 56.0 cm³/mol. The zero-order chi connectivity index (χ0) is 10.1. The van der Waals surface area contributed by atoms with Crippen molar-refractivity contribution >= 4 is 20.9 Å². The van der Waals surface area contributed by atoms with Crippen LogP contribution in [0, 0.1) is 0 Å². The van der Waals surface area contributed by atoms with E-state index in [2.05, 4.69) is 19.9 Å². The number of ether oxygens (including phenoxy) is 1. The van der Waals surface area contributed by atoms with Crippen LogP contribution in [0.15, 0.2) is 11.6 Å². The molecule has 0 spiro atoms. The summed E-state index contributed by atoms with van der Waals surface area (Å²) in [5.41, 5.74) is 1.36. The number of hydrogen-bond donors (Lipinski definition) is 0. The molecule has 0 N–H and O–H groups in total. The minimum absolute atomic E-state index is 0.0541. The molecule has 0 bridgehead atoms. The van der Waals surface area contributed by atoms with Gasteiger partial charge in [0.1, 0.15) is 0 Å². The van der Waals surface area contributed by atoms with Crippen molar-refractivity contribution in [3.63, 3.8) is 0 Å². The number of carbonyl (C=O) groups excluding carboxylic acids is 1. The Labute approximate surface area is 86.9 Å². The SMILES string of the molecule is CCOC(=O)CC[Se]CC=C(C)C. The van der Waals surface area contributed by atoms with E-state index in [1.54, 1.807) is 0 Å². The normalized spacial score (nSPS) is 9.46. The van der Waals surface area contributed by atoms with Crippen LogP contribution < -0.4 is 0 Å². The Kier molecular flexibility index (Phi) is 8.16. The molecule has 3 heteroatoms. The molecule has 0 aromatic heterocycles. The van der Waals surface area contributed by atoms with Crippen molar-refractivity contribution in [3.05, 3.63) is 11.6 Å². The van der Waals surface area contributed by atoms with Gasteiger partial charge in [0.25, 0.3) is 0 Å². The van der Waals surface area contributed by atoms with Gasteiger partial charge in [-0.15, -0.1) is 0 Å². The number of rotatable bonds is 6. The minimum atomic E-state index is -0.0541. The van der Waals surface area contributed by atoms with Crippen molar-refractivity contribution in [3.8, 4) is 0 Å². The van der Waals surface area contributed by atoms with Crippen LogP contribution in [0.3, 0.4) is 0 Å². The first-order valence-corrected chi connectivity index (χ1v) is 6.95. The fraction of sp³-hybridized carbons (Fsp3) is 0.700. The van der Waals surface area contributed by atoms with E-state index in [-0.39, 0.29) is 5.97 Å². The van der Waals surface area contributed by atoms with Gasteiger partial charge >= 0.3 is 86.5 Å². The molecule has 0 saturated heterocycles. The first kappa shape index (κ1) is 12.7. The molecule has 0 radical (unpaired) electrons. The van der Waals surface area contributed by atoms with Gasteiger partial charge < -0.3 is 0 Å². The molecule has 0 aliphatic carbocycles. The van der Waals surface area contributed by atoms with Crippen LogP contribution in [0.1, 0.15) is 27.2 Å². The Morgan fingerprint density at radius 1 is 1.46 bits per heavy atom. The fourth-order valence-corrected chi connectivity index (χ4v) is 2.65. The Bertz CT molecular complexity index is 172. The molecule has 2 nitrogen and oxygen atoms in total. The molecule has 0 saturated carbocycles. The summed E-state index contributed by atoms with van der Waals surface area (Å²) in [6.45, 7) is 6.54. The standard InChI is InChI=1S/C10H18O2Se/c1-4-12-10(11)6-8-13-7-5-9(2)3/h5H,4,6-8H2,1-3H3. The third-order valence-corrected chi connectivity index (χ3v) is 3.24. The van der Waals surface area contributed by atoms with Gasteiger partial charge in [0.2, 0.25) is 0 Å². The Morgan fingerprint density at radius 3 is 2.69 bits per heavy atom. The molecule has 0 fully saturated rings. The Hall–Kier alpha value is -0.271. The second kappa shape index (κ2) is 8.33. The van der Waals surface area contributed by atoms with E-state index in [1.165, 1.54) is 5.57 Å². The van der Waals surface area contributed by atoms with Gasteiger partial charge in [-0.05, 0) is 0 Å². The molecule has 13 heavy (non-hydrogen) atoms. The van der Waals surface area contributed by atoms with Crippen molar-refractivity contribution in [2.45, 2.75) is 37.8 Å². The topological polar surface area (TPSA) is 26.3 Å². The van der Waals surface area contributed by atoms with Crippen molar-refractivity contribution < 1.29 is 9.53 Å². The van der Waals surface area contributed by atoms with Gasteiger partial charge in [-0.2, -0.15) is 0 Å². The van der Waals surface area contributed by atoms with Crippen molar-refractivity contribution in [2.75, 3.05) is 6.61 Å². The van der Waals surface area contributed by atoms with Crippen LogP contribution in [0.5, 0.6) is 0 Å². The third-order valence-electron chi connectivity index (χ3n) is 1.37. The number of allylic oxidation sites excluding steroid dienone is 2. The van der Waals surface area contributed by atoms with Crippen LogP contribution in [0.4, 0.5) is 0 Å². The van der Waals surface area contributed by atoms with E-state index < -0.39 is 0 Å². The van der Waals surface area contributed by atoms with E-state index in [1.807, 2.05) is 6.92 Å². The maximum atomic E-state index is 10.9. The summed E-state index contributed by atoms with van der Waals surface area (Å²) in [5.74, 6) is -0.0541. The first-order chi connectivity index (χ1) is 6.16. The van der Waals surface area contributed by atoms with E-state index in [0.29, 0.717) is 28.0 Å². The summed E-state index contributed by atoms with van der Waals surface area (Å²) in [4.78, 5) is 10.9. The van der Waals surface area contributed by atoms with E-state index >= 15 is 0 Å². The molecule has 0 aromatic carbocycles. The van der Waals surface area contributed by atoms with Crippen molar-refractivity contribution in [1.82, 2.24) is 0 Å². The van der Waals surface area contributed by atoms with Gasteiger partial charge in [-0.3, -0.25) is 0 Å². The summed E-state index contributed by atoms with van der Waals surface area (Å²) in [6, 6.07) is 0. The van der Waals surface area contributed by atoms with Crippen molar-refractivity contribution in [1.29, 1.82) is 0 Å². The summed E-state index contributed by atoms with van der Waals surface area (Å²) in [7, 11) is 0. The van der Waals surface area contributed by atoms with E-state index in [0.717, 1.165) is 10.6 Å². The monoisotopic (exact) mass is 250 g/mol. The number of esters is 1. The molecule has 0 aromatic rings. The molecular weight excluding hydrogens is 231 g/mol. The molecule has 0 aliphatic heterocycles. The van der Waals surface area contributed by atoms with Crippen LogP contribution in [0.25, 0.3) is 0 Å². The third kappa shape index (κ3) is 9.64. The molecule has 0 aliphatic rings. The first-order valence-electron chi connectivity index (χ1n) is 4.53. The summed E-state index contributed by atoms with van der Waals surface area (Å²) < 4.78 is 4.83. The molecular formula is C10H18O2Se. The second-order valence-corrected chi connectivity index (χ2v) is 5.32. The molecule has 0 unspecified atom stereocenters. The second-order valence-electron chi connectivity index (χ2n) is 2.91. The van der Waals surface area contributed by atoms with Gasteiger partial charge in [0.05, 0.1) is 0 Å². The van der Waals surface area contributed by atoms with Gasteiger partial charge in [0, 0.05) is 0 Å². The molecule has 0 atom stereocenters. The van der Waals surface area contributed by atoms with Gasteiger partial charge in [-0.25, -0.2) is 0 Å². The average molecular weight is 249 g/mol. The Morgan fingerprint density at radius 2 is 2.15 bits per heavy atom. The van der Waals surface area contributed by atoms with Crippen LogP contribution in [-0.2, 0) is 9.53 Å². The molecule has 0 heterocycles. The quantitative estimate of drug-likeness (QED) is 0.313. The predicted octanol–water partition coefficient (Wildman–Crippen LogP) is 2.45. The van der Waals surface area contributed by atoms with Gasteiger partial charge in [0.15, 0.2) is 0 Å². The maximum absolute atomic E-state index is 10.9. The van der Waals surface area contributed by atoms with E-state index in [4.69, 9.17) is 4.74 Å².